The van der Waals surface area contributed by atoms with Gasteiger partial charge < -0.3 is 5.11 Å². The average molecular weight is 421 g/mol. The molecule has 0 saturated carbocycles. The molecule has 0 amide bonds. The Morgan fingerprint density at radius 3 is 2.20 bits per heavy atom. The van der Waals surface area contributed by atoms with Gasteiger partial charge in [-0.15, -0.1) is 12.4 Å². The zero-order chi connectivity index (χ0) is 13.8. The van der Waals surface area contributed by atoms with E-state index < -0.39 is 0 Å². The topological polar surface area (TPSA) is 44.6 Å². The fraction of sp³-hybridized carbons (Fsp3) is 0.0714. The lowest BCUT2D eigenvalue weighted by Crippen LogP contribution is -1.91. The second-order valence-corrected chi connectivity index (χ2v) is 5.78. The number of rotatable bonds is 3. The summed E-state index contributed by atoms with van der Waals surface area (Å²) in [4.78, 5) is 0. The average Bonchev–Trinajstić information content (AvgIpc) is 2.38. The van der Waals surface area contributed by atoms with Crippen LogP contribution in [0.4, 0.5) is 5.69 Å². The Balaban J connectivity index is 0.00000200. The van der Waals surface area contributed by atoms with Gasteiger partial charge in [-0.05, 0) is 68.6 Å². The van der Waals surface area contributed by atoms with Gasteiger partial charge in [0.1, 0.15) is 5.75 Å². The molecule has 2 rings (SSSR count). The molecule has 0 fully saturated rings. The van der Waals surface area contributed by atoms with E-state index >= 15 is 0 Å². The molecule has 0 aliphatic carbocycles. The normalized spacial score (nSPS) is 10.3. The first kappa shape index (κ1) is 17.0. The van der Waals surface area contributed by atoms with Crippen molar-refractivity contribution in [2.75, 3.05) is 5.43 Å². The molecule has 3 nitrogen and oxygen atoms in total. The largest absolute Gasteiger partial charge is 0.506 e. The number of halogens is 3. The van der Waals surface area contributed by atoms with Crippen molar-refractivity contribution in [1.82, 2.24) is 0 Å². The lowest BCUT2D eigenvalue weighted by molar-refractivity contribution is 0.468. The van der Waals surface area contributed by atoms with Crippen LogP contribution in [0.25, 0.3) is 0 Å². The van der Waals surface area contributed by atoms with Crippen LogP contribution in [-0.4, -0.2) is 11.3 Å². The molecule has 6 heteroatoms. The fourth-order valence-electron chi connectivity index (χ4n) is 1.47. The molecular weight excluding hydrogens is 407 g/mol. The van der Waals surface area contributed by atoms with Gasteiger partial charge in [-0.25, -0.2) is 0 Å². The molecule has 106 valence electrons. The molecule has 0 heterocycles. The Bertz CT molecular complexity index is 592. The van der Waals surface area contributed by atoms with Crippen LogP contribution >= 0.6 is 44.3 Å². The Morgan fingerprint density at radius 1 is 1.10 bits per heavy atom. The monoisotopic (exact) mass is 418 g/mol. The number of hydrogen-bond donors (Lipinski definition) is 2. The second-order valence-electron chi connectivity index (χ2n) is 4.07. The van der Waals surface area contributed by atoms with Gasteiger partial charge in [-0.1, -0.05) is 17.7 Å². The van der Waals surface area contributed by atoms with Crippen molar-refractivity contribution < 1.29 is 5.11 Å². The van der Waals surface area contributed by atoms with E-state index in [0.717, 1.165) is 11.3 Å². The van der Waals surface area contributed by atoms with Crippen LogP contribution in [0.1, 0.15) is 11.1 Å². The smallest absolute Gasteiger partial charge is 0.143 e. The van der Waals surface area contributed by atoms with Crippen molar-refractivity contribution >= 4 is 56.2 Å². The van der Waals surface area contributed by atoms with Crippen molar-refractivity contribution in [3.63, 3.8) is 0 Å². The lowest BCUT2D eigenvalue weighted by Gasteiger charge is -2.03. The van der Waals surface area contributed by atoms with Gasteiger partial charge >= 0.3 is 0 Å². The Kier molecular flexibility index (Phi) is 6.52. The van der Waals surface area contributed by atoms with Crippen molar-refractivity contribution in [3.05, 3.63) is 56.5 Å². The first-order valence-electron chi connectivity index (χ1n) is 5.60. The molecule has 2 N–H and O–H groups in total. The summed E-state index contributed by atoms with van der Waals surface area (Å²) in [6, 6.07) is 11.6. The number of aryl methyl sites for hydroxylation is 1. The third-order valence-electron chi connectivity index (χ3n) is 2.50. The summed E-state index contributed by atoms with van der Waals surface area (Å²) < 4.78 is 1.25. The van der Waals surface area contributed by atoms with E-state index in [4.69, 9.17) is 0 Å². The highest BCUT2D eigenvalue weighted by molar-refractivity contribution is 9.11. The van der Waals surface area contributed by atoms with Crippen LogP contribution in [0.3, 0.4) is 0 Å². The van der Waals surface area contributed by atoms with Gasteiger partial charge in [-0.2, -0.15) is 5.10 Å². The highest BCUT2D eigenvalue weighted by Gasteiger charge is 2.04. The molecule has 0 atom stereocenters. The van der Waals surface area contributed by atoms with Crippen molar-refractivity contribution in [2.45, 2.75) is 6.92 Å². The minimum absolute atomic E-state index is 0. The van der Waals surface area contributed by atoms with Crippen molar-refractivity contribution in [1.29, 1.82) is 0 Å². The second kappa shape index (κ2) is 7.67. The third-order valence-corrected chi connectivity index (χ3v) is 3.71. The molecule has 2 aromatic rings. The van der Waals surface area contributed by atoms with E-state index in [0.29, 0.717) is 8.95 Å². The minimum Gasteiger partial charge on any atom is -0.506 e. The van der Waals surface area contributed by atoms with Crippen LogP contribution < -0.4 is 5.43 Å². The third kappa shape index (κ3) is 4.51. The predicted molar refractivity (Wildman–Crippen MR) is 93.2 cm³/mol. The zero-order valence-corrected chi connectivity index (χ0v) is 14.6. The summed E-state index contributed by atoms with van der Waals surface area (Å²) in [5, 5.41) is 13.8. The maximum atomic E-state index is 9.61. The molecule has 0 aliphatic heterocycles. The number of hydrazone groups is 1. The first-order chi connectivity index (χ1) is 9.06. The summed E-state index contributed by atoms with van der Waals surface area (Å²) in [6.45, 7) is 2.04. The van der Waals surface area contributed by atoms with Crippen molar-refractivity contribution in [3.8, 4) is 5.75 Å². The van der Waals surface area contributed by atoms with Crippen LogP contribution in [0.2, 0.25) is 0 Å². The Hall–Kier alpha value is -1.04. The highest BCUT2D eigenvalue weighted by Crippen LogP contribution is 2.32. The number of benzene rings is 2. The molecular formula is C14H13Br2ClN2O. The fourth-order valence-corrected chi connectivity index (χ4v) is 2.69. The van der Waals surface area contributed by atoms with E-state index in [-0.39, 0.29) is 18.2 Å². The summed E-state index contributed by atoms with van der Waals surface area (Å²) in [5.74, 6) is 0.184. The van der Waals surface area contributed by atoms with E-state index in [1.807, 2.05) is 31.2 Å². The number of nitrogens with one attached hydrogen (secondary N) is 1. The van der Waals surface area contributed by atoms with Gasteiger partial charge in [0.05, 0.1) is 20.8 Å². The molecule has 0 aliphatic rings. The van der Waals surface area contributed by atoms with Crippen molar-refractivity contribution in [2.24, 2.45) is 5.10 Å². The molecule has 0 saturated heterocycles. The minimum atomic E-state index is 0. The number of nitrogens with zero attached hydrogens (tertiary/aromatic N) is 1. The van der Waals surface area contributed by atoms with Gasteiger partial charge in [-0.3, -0.25) is 5.43 Å². The van der Waals surface area contributed by atoms with Gasteiger partial charge in [0.2, 0.25) is 0 Å². The number of anilines is 1. The summed E-state index contributed by atoms with van der Waals surface area (Å²) in [5.41, 5.74) is 5.96. The summed E-state index contributed by atoms with van der Waals surface area (Å²) in [6.07, 6.45) is 1.69. The van der Waals surface area contributed by atoms with Gasteiger partial charge in [0.25, 0.3) is 0 Å². The molecule has 0 bridgehead atoms. The maximum Gasteiger partial charge on any atom is 0.143 e. The molecule has 0 spiro atoms. The number of phenolic OH excluding ortho intramolecular Hbond substituents is 1. The van der Waals surface area contributed by atoms with Crippen LogP contribution in [0.5, 0.6) is 5.75 Å². The summed E-state index contributed by atoms with van der Waals surface area (Å²) in [7, 11) is 0. The van der Waals surface area contributed by atoms with Gasteiger partial charge in [0.15, 0.2) is 0 Å². The number of aromatic hydroxyl groups is 1. The maximum absolute atomic E-state index is 9.61. The molecule has 2 aromatic carbocycles. The molecule has 20 heavy (non-hydrogen) atoms. The van der Waals surface area contributed by atoms with Crippen LogP contribution in [0.15, 0.2) is 50.4 Å². The Labute approximate surface area is 140 Å². The van der Waals surface area contributed by atoms with E-state index in [1.165, 1.54) is 5.56 Å². The molecule has 0 aromatic heterocycles. The number of phenols is 1. The highest BCUT2D eigenvalue weighted by atomic mass is 79.9. The quantitative estimate of drug-likeness (QED) is 0.536. The van der Waals surface area contributed by atoms with E-state index in [9.17, 15) is 5.11 Å². The van der Waals surface area contributed by atoms with Crippen LogP contribution in [-0.2, 0) is 0 Å². The SMILES string of the molecule is Cc1ccc(N/N=C/c2cc(Br)c(O)c(Br)c2)cc1.Cl. The van der Waals surface area contributed by atoms with E-state index in [2.05, 4.69) is 42.4 Å². The lowest BCUT2D eigenvalue weighted by atomic mass is 10.2. The van der Waals surface area contributed by atoms with E-state index in [1.54, 1.807) is 18.3 Å². The standard InChI is InChI=1S/C14H12Br2N2O.ClH/c1-9-2-4-11(5-3-9)18-17-8-10-6-12(15)14(19)13(16)7-10;/h2-8,18-19H,1H3;1H/b17-8+;. The Morgan fingerprint density at radius 2 is 1.65 bits per heavy atom. The first-order valence-corrected chi connectivity index (χ1v) is 7.18. The summed E-state index contributed by atoms with van der Waals surface area (Å²) >= 11 is 6.56. The zero-order valence-electron chi connectivity index (χ0n) is 10.6. The molecule has 0 radical (unpaired) electrons. The predicted octanol–water partition coefficient (Wildman–Crippen LogP) is 5.09. The van der Waals surface area contributed by atoms with Crippen LogP contribution in [0, 0.1) is 6.92 Å². The number of hydrogen-bond acceptors (Lipinski definition) is 3. The van der Waals surface area contributed by atoms with Gasteiger partial charge in [0, 0.05) is 0 Å². The molecule has 0 unspecified atom stereocenters.